The maximum atomic E-state index is 12.3. The van der Waals surface area contributed by atoms with E-state index in [4.69, 9.17) is 0 Å². The largest absolute Gasteiger partial charge is 0.353 e. The first-order valence-corrected chi connectivity index (χ1v) is 8.13. The lowest BCUT2D eigenvalue weighted by atomic mass is 10.0. The van der Waals surface area contributed by atoms with Crippen LogP contribution in [0.5, 0.6) is 0 Å². The van der Waals surface area contributed by atoms with Gasteiger partial charge in [0.25, 0.3) is 0 Å². The van der Waals surface area contributed by atoms with Crippen LogP contribution in [0.2, 0.25) is 0 Å². The zero-order chi connectivity index (χ0) is 16.2. The molecule has 1 amide bonds. The number of aromatic nitrogens is 3. The smallest absolute Gasteiger partial charge is 0.226 e. The van der Waals surface area contributed by atoms with E-state index in [2.05, 4.69) is 27.9 Å². The van der Waals surface area contributed by atoms with Crippen molar-refractivity contribution in [1.29, 1.82) is 0 Å². The van der Waals surface area contributed by atoms with Crippen LogP contribution in [0.3, 0.4) is 0 Å². The van der Waals surface area contributed by atoms with Crippen LogP contribution in [0.4, 0.5) is 0 Å². The Labute approximate surface area is 136 Å². The van der Waals surface area contributed by atoms with Gasteiger partial charge in [-0.05, 0) is 45.4 Å². The van der Waals surface area contributed by atoms with Crippen molar-refractivity contribution in [3.05, 3.63) is 41.7 Å². The summed E-state index contributed by atoms with van der Waals surface area (Å²) in [4.78, 5) is 12.3. The molecule has 2 atom stereocenters. The number of hydrogen-bond donors (Lipinski definition) is 2. The Hall–Kier alpha value is -2.21. The van der Waals surface area contributed by atoms with Crippen molar-refractivity contribution in [2.24, 2.45) is 0 Å². The number of piperidine rings is 1. The van der Waals surface area contributed by atoms with Crippen molar-refractivity contribution < 1.29 is 4.79 Å². The topological polar surface area (TPSA) is 71.8 Å². The second-order valence-corrected chi connectivity index (χ2v) is 6.19. The van der Waals surface area contributed by atoms with Crippen molar-refractivity contribution in [3.63, 3.8) is 0 Å². The molecule has 0 spiro atoms. The molecule has 0 radical (unpaired) electrons. The monoisotopic (exact) mass is 313 g/mol. The Morgan fingerprint density at radius 1 is 1.39 bits per heavy atom. The molecule has 23 heavy (non-hydrogen) atoms. The van der Waals surface area contributed by atoms with E-state index in [-0.39, 0.29) is 18.4 Å². The predicted molar refractivity (Wildman–Crippen MR) is 88.4 cm³/mol. The minimum absolute atomic E-state index is 0.0207. The van der Waals surface area contributed by atoms with Crippen molar-refractivity contribution in [2.45, 2.75) is 45.2 Å². The van der Waals surface area contributed by atoms with Crippen LogP contribution in [0.25, 0.3) is 5.69 Å². The fourth-order valence-electron chi connectivity index (χ4n) is 3.03. The molecule has 2 N–H and O–H groups in total. The Morgan fingerprint density at radius 2 is 2.17 bits per heavy atom. The Morgan fingerprint density at radius 3 is 2.91 bits per heavy atom. The molecule has 1 fully saturated rings. The standard InChI is InChI=1S/C17H23N5O/c1-12-10-14(8-9-18-12)19-17(23)11-16-13(2)22(21-20-16)15-6-4-3-5-7-15/h3-7,12,14,18H,8-11H2,1-2H3,(H,19,23). The summed E-state index contributed by atoms with van der Waals surface area (Å²) in [7, 11) is 0. The lowest BCUT2D eigenvalue weighted by Crippen LogP contribution is -2.47. The van der Waals surface area contributed by atoms with E-state index in [0.717, 1.165) is 36.5 Å². The molecular weight excluding hydrogens is 290 g/mol. The van der Waals surface area contributed by atoms with Gasteiger partial charge in [-0.3, -0.25) is 4.79 Å². The molecule has 1 saturated heterocycles. The molecule has 0 aliphatic carbocycles. The van der Waals surface area contributed by atoms with Crippen molar-refractivity contribution >= 4 is 5.91 Å². The van der Waals surface area contributed by atoms with Gasteiger partial charge in [0.05, 0.1) is 23.5 Å². The summed E-state index contributed by atoms with van der Waals surface area (Å²) in [6, 6.07) is 10.5. The summed E-state index contributed by atoms with van der Waals surface area (Å²) in [5.41, 5.74) is 2.59. The van der Waals surface area contributed by atoms with Crippen LogP contribution in [0, 0.1) is 6.92 Å². The van der Waals surface area contributed by atoms with Gasteiger partial charge in [-0.2, -0.15) is 0 Å². The summed E-state index contributed by atoms with van der Waals surface area (Å²) >= 11 is 0. The van der Waals surface area contributed by atoms with Crippen LogP contribution >= 0.6 is 0 Å². The average Bonchev–Trinajstić information content (AvgIpc) is 2.89. The second-order valence-electron chi connectivity index (χ2n) is 6.19. The number of nitrogens with one attached hydrogen (secondary N) is 2. The minimum atomic E-state index is 0.0207. The van der Waals surface area contributed by atoms with Gasteiger partial charge in [-0.25, -0.2) is 4.68 Å². The van der Waals surface area contributed by atoms with E-state index >= 15 is 0 Å². The molecule has 6 nitrogen and oxygen atoms in total. The van der Waals surface area contributed by atoms with E-state index in [1.807, 2.05) is 37.3 Å². The van der Waals surface area contributed by atoms with Gasteiger partial charge in [0.15, 0.2) is 0 Å². The predicted octanol–water partition coefficient (Wildman–Crippen LogP) is 1.37. The highest BCUT2D eigenvalue weighted by molar-refractivity contribution is 5.78. The van der Waals surface area contributed by atoms with Crippen molar-refractivity contribution in [3.8, 4) is 5.69 Å². The maximum absolute atomic E-state index is 12.3. The molecule has 1 aliphatic heterocycles. The van der Waals surface area contributed by atoms with E-state index in [0.29, 0.717) is 6.04 Å². The molecule has 2 heterocycles. The number of carbonyl (C=O) groups excluding carboxylic acids is 1. The SMILES string of the molecule is Cc1c(CC(=O)NC2CCNC(C)C2)nnn1-c1ccccc1. The van der Waals surface area contributed by atoms with Crippen molar-refractivity contribution in [1.82, 2.24) is 25.6 Å². The highest BCUT2D eigenvalue weighted by Gasteiger charge is 2.21. The normalized spacial score (nSPS) is 21.1. The van der Waals surface area contributed by atoms with Crippen molar-refractivity contribution in [2.75, 3.05) is 6.54 Å². The van der Waals surface area contributed by atoms with Crippen LogP contribution in [-0.2, 0) is 11.2 Å². The van der Waals surface area contributed by atoms with E-state index < -0.39 is 0 Å². The Balaban J connectivity index is 1.64. The first-order valence-electron chi connectivity index (χ1n) is 8.13. The molecule has 2 unspecified atom stereocenters. The lowest BCUT2D eigenvalue weighted by Gasteiger charge is -2.28. The number of benzene rings is 1. The van der Waals surface area contributed by atoms with Crippen LogP contribution in [-0.4, -0.2) is 39.5 Å². The van der Waals surface area contributed by atoms with Crippen LogP contribution < -0.4 is 10.6 Å². The quantitative estimate of drug-likeness (QED) is 0.894. The molecule has 2 aromatic rings. The first-order chi connectivity index (χ1) is 11.1. The maximum Gasteiger partial charge on any atom is 0.226 e. The van der Waals surface area contributed by atoms with Gasteiger partial charge in [-0.15, -0.1) is 5.10 Å². The summed E-state index contributed by atoms with van der Waals surface area (Å²) in [6.45, 7) is 5.05. The number of hydrogen-bond acceptors (Lipinski definition) is 4. The number of nitrogens with zero attached hydrogens (tertiary/aromatic N) is 3. The summed E-state index contributed by atoms with van der Waals surface area (Å²) in [5, 5.41) is 14.9. The molecule has 1 aromatic carbocycles. The van der Waals surface area contributed by atoms with E-state index in [1.165, 1.54) is 0 Å². The third kappa shape index (κ3) is 3.76. The summed E-state index contributed by atoms with van der Waals surface area (Å²) in [5.74, 6) is 0.0207. The third-order valence-electron chi connectivity index (χ3n) is 4.31. The highest BCUT2D eigenvalue weighted by atomic mass is 16.1. The summed E-state index contributed by atoms with van der Waals surface area (Å²) in [6.07, 6.45) is 2.23. The number of rotatable bonds is 4. The summed E-state index contributed by atoms with van der Waals surface area (Å²) < 4.78 is 1.77. The number of amides is 1. The molecule has 6 heteroatoms. The highest BCUT2D eigenvalue weighted by Crippen LogP contribution is 2.13. The number of para-hydroxylation sites is 1. The zero-order valence-corrected chi connectivity index (χ0v) is 13.6. The van der Waals surface area contributed by atoms with Gasteiger partial charge < -0.3 is 10.6 Å². The molecule has 0 bridgehead atoms. The zero-order valence-electron chi connectivity index (χ0n) is 13.6. The fraction of sp³-hybridized carbons (Fsp3) is 0.471. The van der Waals surface area contributed by atoms with Crippen LogP contribution in [0.15, 0.2) is 30.3 Å². The van der Waals surface area contributed by atoms with E-state index in [9.17, 15) is 4.79 Å². The lowest BCUT2D eigenvalue weighted by molar-refractivity contribution is -0.121. The third-order valence-corrected chi connectivity index (χ3v) is 4.31. The average molecular weight is 313 g/mol. The molecule has 3 rings (SSSR count). The van der Waals surface area contributed by atoms with Crippen LogP contribution in [0.1, 0.15) is 31.2 Å². The van der Waals surface area contributed by atoms with Gasteiger partial charge >= 0.3 is 0 Å². The molecular formula is C17H23N5O. The molecule has 1 aromatic heterocycles. The molecule has 1 aliphatic rings. The minimum Gasteiger partial charge on any atom is -0.353 e. The first kappa shape index (κ1) is 15.7. The molecule has 0 saturated carbocycles. The Bertz CT molecular complexity index is 667. The molecule has 122 valence electrons. The number of carbonyl (C=O) groups is 1. The second kappa shape index (κ2) is 6.91. The van der Waals surface area contributed by atoms with Gasteiger partial charge in [-0.1, -0.05) is 23.4 Å². The van der Waals surface area contributed by atoms with Gasteiger partial charge in [0.1, 0.15) is 0 Å². The van der Waals surface area contributed by atoms with Gasteiger partial charge in [0, 0.05) is 12.1 Å². The Kier molecular flexibility index (Phi) is 4.71. The fourth-order valence-corrected chi connectivity index (χ4v) is 3.03. The van der Waals surface area contributed by atoms with Gasteiger partial charge in [0.2, 0.25) is 5.91 Å². The van der Waals surface area contributed by atoms with E-state index in [1.54, 1.807) is 4.68 Å².